The normalized spacial score (nSPS) is 18.5. The zero-order valence-electron chi connectivity index (χ0n) is 17.3. The van der Waals surface area contributed by atoms with Crippen molar-refractivity contribution in [2.45, 2.75) is 19.5 Å². The number of nitrogens with zero attached hydrogens (tertiary/aromatic N) is 1. The molecule has 3 N–H and O–H groups in total. The zero-order valence-corrected chi connectivity index (χ0v) is 18.1. The number of hydrogen-bond donors (Lipinski definition) is 2. The minimum atomic E-state index is 0.570. The first-order valence-electron chi connectivity index (χ1n) is 10.7. The van der Waals surface area contributed by atoms with Crippen molar-refractivity contribution < 1.29 is 0 Å². The number of halogens is 1. The van der Waals surface area contributed by atoms with Crippen LogP contribution in [0, 0.1) is 11.8 Å². The molecule has 0 aliphatic carbocycles. The van der Waals surface area contributed by atoms with Gasteiger partial charge in [-0.25, -0.2) is 0 Å². The lowest BCUT2D eigenvalue weighted by atomic mass is 9.89. The van der Waals surface area contributed by atoms with Crippen LogP contribution in [0.15, 0.2) is 78.9 Å². The number of rotatable bonds is 8. The Kier molecular flexibility index (Phi) is 7.06. The lowest BCUT2D eigenvalue weighted by Gasteiger charge is -2.30. The molecule has 30 heavy (non-hydrogen) atoms. The van der Waals surface area contributed by atoms with E-state index in [2.05, 4.69) is 76.9 Å². The quantitative estimate of drug-likeness (QED) is 0.546. The van der Waals surface area contributed by atoms with Crippen molar-refractivity contribution in [3.63, 3.8) is 0 Å². The van der Waals surface area contributed by atoms with E-state index in [1.165, 1.54) is 22.4 Å². The van der Waals surface area contributed by atoms with Gasteiger partial charge in [-0.05, 0) is 72.3 Å². The lowest BCUT2D eigenvalue weighted by molar-refractivity contribution is 0.413. The minimum absolute atomic E-state index is 0.570. The molecule has 4 heteroatoms. The molecule has 1 heterocycles. The first-order valence-corrected chi connectivity index (χ1v) is 11.1. The third-order valence-corrected chi connectivity index (χ3v) is 6.32. The molecule has 156 valence electrons. The Hall–Kier alpha value is -2.33. The first-order chi connectivity index (χ1) is 14.7. The third kappa shape index (κ3) is 5.42. The second kappa shape index (κ2) is 10.1. The van der Waals surface area contributed by atoms with Crippen molar-refractivity contribution in [2.24, 2.45) is 17.6 Å². The molecule has 2 atom stereocenters. The molecule has 1 saturated heterocycles. The van der Waals surface area contributed by atoms with Gasteiger partial charge in [-0.15, -0.1) is 0 Å². The Morgan fingerprint density at radius 2 is 1.53 bits per heavy atom. The number of nitrogens with two attached hydrogens (primary N) is 1. The number of nitrogens with one attached hydrogen (secondary N) is 1. The molecular formula is C26H30ClN3. The molecule has 1 aliphatic heterocycles. The van der Waals surface area contributed by atoms with Crippen molar-refractivity contribution in [1.82, 2.24) is 5.32 Å². The van der Waals surface area contributed by atoms with E-state index in [4.69, 9.17) is 17.3 Å². The van der Waals surface area contributed by atoms with Crippen LogP contribution >= 0.6 is 11.6 Å². The summed E-state index contributed by atoms with van der Waals surface area (Å²) in [4.78, 5) is 2.49. The van der Waals surface area contributed by atoms with Gasteiger partial charge < -0.3 is 16.0 Å². The molecule has 4 rings (SSSR count). The highest BCUT2D eigenvalue weighted by Crippen LogP contribution is 2.27. The summed E-state index contributed by atoms with van der Waals surface area (Å²) < 4.78 is 0. The summed E-state index contributed by atoms with van der Waals surface area (Å²) in [6.45, 7) is 4.59. The monoisotopic (exact) mass is 419 g/mol. The van der Waals surface area contributed by atoms with Gasteiger partial charge in [0.05, 0.1) is 0 Å². The van der Waals surface area contributed by atoms with Crippen LogP contribution in [-0.4, -0.2) is 19.6 Å². The van der Waals surface area contributed by atoms with Crippen LogP contribution in [-0.2, 0) is 19.5 Å². The van der Waals surface area contributed by atoms with Crippen LogP contribution in [0.2, 0.25) is 5.02 Å². The van der Waals surface area contributed by atoms with E-state index in [1.54, 1.807) is 0 Å². The minimum Gasteiger partial charge on any atom is -0.367 e. The topological polar surface area (TPSA) is 41.3 Å². The van der Waals surface area contributed by atoms with Crippen molar-refractivity contribution in [2.75, 3.05) is 24.5 Å². The number of anilines is 1. The predicted octanol–water partition coefficient (Wildman–Crippen LogP) is 4.88. The highest BCUT2D eigenvalue weighted by molar-refractivity contribution is 6.30. The highest BCUT2D eigenvalue weighted by Gasteiger charge is 2.29. The molecule has 1 aliphatic rings. The van der Waals surface area contributed by atoms with Crippen LogP contribution in [0.4, 0.5) is 5.69 Å². The van der Waals surface area contributed by atoms with Crippen LogP contribution in [0.1, 0.15) is 16.7 Å². The standard InChI is InChI=1S/C26H30ClN3/c27-25-9-11-26(12-10-25)30(18-22-8-4-7-21(13-22)15-28)19-24-17-29-16-23(24)14-20-5-2-1-3-6-20/h1-13,23-24,29H,14-19,28H2. The molecule has 0 bridgehead atoms. The second-order valence-electron chi connectivity index (χ2n) is 8.25. The Labute approximate surface area is 184 Å². The van der Waals surface area contributed by atoms with E-state index in [0.29, 0.717) is 18.4 Å². The van der Waals surface area contributed by atoms with Gasteiger partial charge in [0.25, 0.3) is 0 Å². The third-order valence-electron chi connectivity index (χ3n) is 6.07. The van der Waals surface area contributed by atoms with Crippen molar-refractivity contribution in [3.05, 3.63) is 101 Å². The molecule has 3 aromatic carbocycles. The van der Waals surface area contributed by atoms with Crippen molar-refractivity contribution >= 4 is 17.3 Å². The summed E-state index contributed by atoms with van der Waals surface area (Å²) in [5.41, 5.74) is 11.0. The van der Waals surface area contributed by atoms with Crippen LogP contribution in [0.5, 0.6) is 0 Å². The van der Waals surface area contributed by atoms with Gasteiger partial charge in [0.2, 0.25) is 0 Å². The fraction of sp³-hybridized carbons (Fsp3) is 0.308. The van der Waals surface area contributed by atoms with E-state index in [1.807, 2.05) is 12.1 Å². The van der Waals surface area contributed by atoms with Gasteiger partial charge in [-0.3, -0.25) is 0 Å². The predicted molar refractivity (Wildman–Crippen MR) is 127 cm³/mol. The number of hydrogen-bond acceptors (Lipinski definition) is 3. The molecule has 0 saturated carbocycles. The van der Waals surface area contributed by atoms with Crippen molar-refractivity contribution in [1.29, 1.82) is 0 Å². The van der Waals surface area contributed by atoms with Gasteiger partial charge in [-0.2, -0.15) is 0 Å². The maximum Gasteiger partial charge on any atom is 0.0429 e. The molecule has 1 fully saturated rings. The molecule has 3 aromatic rings. The van der Waals surface area contributed by atoms with Gasteiger partial charge >= 0.3 is 0 Å². The summed E-state index contributed by atoms with van der Waals surface area (Å²) in [6.07, 6.45) is 1.12. The van der Waals surface area contributed by atoms with Gasteiger partial charge in [0.15, 0.2) is 0 Å². The van der Waals surface area contributed by atoms with Gasteiger partial charge in [0, 0.05) is 30.3 Å². The summed E-state index contributed by atoms with van der Waals surface area (Å²) >= 11 is 6.16. The average molecular weight is 420 g/mol. The van der Waals surface area contributed by atoms with E-state index in [-0.39, 0.29) is 0 Å². The van der Waals surface area contributed by atoms with Crippen LogP contribution < -0.4 is 16.0 Å². The number of benzene rings is 3. The maximum atomic E-state index is 6.16. The van der Waals surface area contributed by atoms with Gasteiger partial charge in [0.1, 0.15) is 0 Å². The average Bonchev–Trinajstić information content (AvgIpc) is 3.21. The Morgan fingerprint density at radius 1 is 0.833 bits per heavy atom. The summed E-state index contributed by atoms with van der Waals surface area (Å²) in [7, 11) is 0. The van der Waals surface area contributed by atoms with E-state index >= 15 is 0 Å². The second-order valence-corrected chi connectivity index (χ2v) is 8.69. The SMILES string of the molecule is NCc1cccc(CN(CC2CNCC2Cc2ccccc2)c2ccc(Cl)cc2)c1. The van der Waals surface area contributed by atoms with E-state index < -0.39 is 0 Å². The largest absolute Gasteiger partial charge is 0.367 e. The molecule has 0 spiro atoms. The molecule has 0 aromatic heterocycles. The summed E-state index contributed by atoms with van der Waals surface area (Å²) in [5.74, 6) is 1.23. The Morgan fingerprint density at radius 3 is 2.30 bits per heavy atom. The molecule has 0 radical (unpaired) electrons. The van der Waals surface area contributed by atoms with Crippen LogP contribution in [0.3, 0.4) is 0 Å². The lowest BCUT2D eigenvalue weighted by Crippen LogP contribution is -2.33. The van der Waals surface area contributed by atoms with E-state index in [0.717, 1.165) is 37.6 Å². The summed E-state index contributed by atoms with van der Waals surface area (Å²) in [6, 6.07) is 27.7. The molecule has 0 amide bonds. The fourth-order valence-electron chi connectivity index (χ4n) is 4.43. The highest BCUT2D eigenvalue weighted by atomic mass is 35.5. The first kappa shape index (κ1) is 20.9. The Bertz CT molecular complexity index is 927. The maximum absolute atomic E-state index is 6.16. The van der Waals surface area contributed by atoms with Gasteiger partial charge in [-0.1, -0.05) is 66.2 Å². The summed E-state index contributed by atoms with van der Waals surface area (Å²) in [5, 5.41) is 4.40. The Balaban J connectivity index is 1.53. The van der Waals surface area contributed by atoms with Crippen LogP contribution in [0.25, 0.3) is 0 Å². The van der Waals surface area contributed by atoms with E-state index in [9.17, 15) is 0 Å². The zero-order chi connectivity index (χ0) is 20.8. The molecular weight excluding hydrogens is 390 g/mol. The van der Waals surface area contributed by atoms with Crippen molar-refractivity contribution in [3.8, 4) is 0 Å². The molecule has 2 unspecified atom stereocenters. The molecule has 3 nitrogen and oxygen atoms in total. The fourth-order valence-corrected chi connectivity index (χ4v) is 4.55. The smallest absolute Gasteiger partial charge is 0.0429 e.